The van der Waals surface area contributed by atoms with Crippen molar-refractivity contribution in [1.82, 2.24) is 5.32 Å². The number of aryl methyl sites for hydroxylation is 2. The first kappa shape index (κ1) is 27.9. The van der Waals surface area contributed by atoms with Gasteiger partial charge in [-0.15, -0.1) is 23.1 Å². The number of nitrogens with one attached hydrogen (secondary N) is 3. The van der Waals surface area contributed by atoms with Gasteiger partial charge in [-0.3, -0.25) is 14.4 Å². The third-order valence-corrected chi connectivity index (χ3v) is 7.86. The van der Waals surface area contributed by atoms with Gasteiger partial charge in [-0.2, -0.15) is 0 Å². The van der Waals surface area contributed by atoms with E-state index >= 15 is 0 Å². The van der Waals surface area contributed by atoms with Crippen LogP contribution in [0.25, 0.3) is 6.08 Å². The summed E-state index contributed by atoms with van der Waals surface area (Å²) in [5.74, 6) is -0.888. The van der Waals surface area contributed by atoms with Crippen LogP contribution in [0.4, 0.5) is 11.4 Å². The van der Waals surface area contributed by atoms with Gasteiger partial charge >= 0.3 is 0 Å². The molecule has 3 amide bonds. The zero-order valence-corrected chi connectivity index (χ0v) is 23.5. The van der Waals surface area contributed by atoms with Crippen LogP contribution < -0.4 is 16.0 Å². The molecule has 6 nitrogen and oxygen atoms in total. The van der Waals surface area contributed by atoms with Gasteiger partial charge in [0.15, 0.2) is 0 Å². The molecule has 3 aromatic carbocycles. The monoisotopic (exact) mass is 555 g/mol. The van der Waals surface area contributed by atoms with E-state index in [-0.39, 0.29) is 22.8 Å². The lowest BCUT2D eigenvalue weighted by atomic mass is 10.1. The number of thiophene rings is 1. The fraction of sp³-hybridized carbons (Fsp3) is 0.129. The van der Waals surface area contributed by atoms with E-state index in [0.717, 1.165) is 21.0 Å². The minimum absolute atomic E-state index is 0.0850. The maximum Gasteiger partial charge on any atom is 0.272 e. The van der Waals surface area contributed by atoms with Gasteiger partial charge in [-0.25, -0.2) is 0 Å². The van der Waals surface area contributed by atoms with Crippen LogP contribution >= 0.6 is 23.1 Å². The summed E-state index contributed by atoms with van der Waals surface area (Å²) in [7, 11) is 0. The van der Waals surface area contributed by atoms with Crippen molar-refractivity contribution in [3.05, 3.63) is 118 Å². The molecule has 0 radical (unpaired) electrons. The summed E-state index contributed by atoms with van der Waals surface area (Å²) in [5, 5.41) is 10.1. The van der Waals surface area contributed by atoms with Crippen LogP contribution in [0, 0.1) is 13.8 Å². The van der Waals surface area contributed by atoms with E-state index in [4.69, 9.17) is 0 Å². The Bertz CT molecular complexity index is 1480. The predicted molar refractivity (Wildman–Crippen MR) is 161 cm³/mol. The summed E-state index contributed by atoms with van der Waals surface area (Å²) in [6, 6.07) is 25.6. The molecule has 1 atom stereocenters. The topological polar surface area (TPSA) is 87.3 Å². The molecule has 1 heterocycles. The molecule has 39 heavy (non-hydrogen) atoms. The lowest BCUT2D eigenvalue weighted by Gasteiger charge is -2.14. The maximum atomic E-state index is 13.1. The highest BCUT2D eigenvalue weighted by molar-refractivity contribution is 8.00. The fourth-order valence-electron chi connectivity index (χ4n) is 3.59. The number of hydrogen-bond acceptors (Lipinski definition) is 5. The van der Waals surface area contributed by atoms with Gasteiger partial charge in [0.1, 0.15) is 5.70 Å². The molecule has 0 aliphatic heterocycles. The Labute approximate surface area is 236 Å². The van der Waals surface area contributed by atoms with Gasteiger partial charge in [0, 0.05) is 26.7 Å². The summed E-state index contributed by atoms with van der Waals surface area (Å²) in [5.41, 5.74) is 4.25. The predicted octanol–water partition coefficient (Wildman–Crippen LogP) is 6.89. The van der Waals surface area contributed by atoms with Crippen LogP contribution in [0.3, 0.4) is 0 Å². The van der Waals surface area contributed by atoms with Crippen molar-refractivity contribution in [3.63, 3.8) is 0 Å². The Morgan fingerprint density at radius 2 is 1.54 bits per heavy atom. The van der Waals surface area contributed by atoms with E-state index in [0.29, 0.717) is 11.3 Å². The second-order valence-electron chi connectivity index (χ2n) is 8.92. The fourth-order valence-corrected chi connectivity index (χ4v) is 5.12. The molecule has 0 saturated carbocycles. The minimum atomic E-state index is -0.436. The molecule has 4 aromatic rings. The second kappa shape index (κ2) is 13.1. The smallest absolute Gasteiger partial charge is 0.272 e. The number of carbonyl (C=O) groups excluding carboxylic acids is 3. The third kappa shape index (κ3) is 7.92. The zero-order chi connectivity index (χ0) is 27.8. The van der Waals surface area contributed by atoms with E-state index in [1.54, 1.807) is 42.5 Å². The summed E-state index contributed by atoms with van der Waals surface area (Å²) in [4.78, 5) is 40.3. The largest absolute Gasteiger partial charge is 0.325 e. The summed E-state index contributed by atoms with van der Waals surface area (Å²) >= 11 is 2.90. The molecule has 0 aliphatic rings. The average Bonchev–Trinajstić information content (AvgIpc) is 3.45. The van der Waals surface area contributed by atoms with Gasteiger partial charge in [0.05, 0.1) is 5.25 Å². The first-order valence-electron chi connectivity index (χ1n) is 12.4. The molecule has 1 unspecified atom stereocenters. The molecular formula is C31H29N3O3S2. The Morgan fingerprint density at radius 1 is 0.821 bits per heavy atom. The molecule has 0 bridgehead atoms. The molecule has 8 heteroatoms. The van der Waals surface area contributed by atoms with E-state index in [9.17, 15) is 14.4 Å². The lowest BCUT2D eigenvalue weighted by molar-refractivity contribution is -0.115. The number of hydrogen-bond donors (Lipinski definition) is 3. The first-order valence-corrected chi connectivity index (χ1v) is 14.1. The quantitative estimate of drug-likeness (QED) is 0.155. The highest BCUT2D eigenvalue weighted by Gasteiger charge is 2.17. The molecule has 0 aliphatic carbocycles. The van der Waals surface area contributed by atoms with Crippen LogP contribution in [-0.2, 0) is 9.59 Å². The van der Waals surface area contributed by atoms with Crippen molar-refractivity contribution in [2.75, 3.05) is 10.6 Å². The Hall–Kier alpha value is -4.14. The molecule has 0 saturated heterocycles. The Kier molecular flexibility index (Phi) is 9.35. The molecule has 1 aromatic heterocycles. The number of thioether (sulfide) groups is 1. The lowest BCUT2D eigenvalue weighted by Crippen LogP contribution is -2.30. The average molecular weight is 556 g/mol. The molecule has 0 spiro atoms. The normalized spacial score (nSPS) is 11.9. The minimum Gasteiger partial charge on any atom is -0.325 e. The highest BCUT2D eigenvalue weighted by Crippen LogP contribution is 2.26. The van der Waals surface area contributed by atoms with Crippen LogP contribution in [0.15, 0.2) is 101 Å². The summed E-state index contributed by atoms with van der Waals surface area (Å²) in [6.45, 7) is 5.91. The molecule has 0 fully saturated rings. The number of carbonyl (C=O) groups is 3. The third-order valence-electron chi connectivity index (χ3n) is 5.93. The van der Waals surface area contributed by atoms with Gasteiger partial charge < -0.3 is 16.0 Å². The van der Waals surface area contributed by atoms with E-state index in [1.807, 2.05) is 74.7 Å². The van der Waals surface area contributed by atoms with E-state index in [2.05, 4.69) is 16.0 Å². The van der Waals surface area contributed by atoms with Crippen molar-refractivity contribution in [3.8, 4) is 0 Å². The van der Waals surface area contributed by atoms with Crippen molar-refractivity contribution in [2.24, 2.45) is 0 Å². The molecule has 4 rings (SSSR count). The number of rotatable bonds is 9. The summed E-state index contributed by atoms with van der Waals surface area (Å²) in [6.07, 6.45) is 1.65. The maximum absolute atomic E-state index is 13.1. The van der Waals surface area contributed by atoms with E-state index < -0.39 is 5.91 Å². The summed E-state index contributed by atoms with van der Waals surface area (Å²) < 4.78 is 0. The number of benzene rings is 3. The molecule has 3 N–H and O–H groups in total. The van der Waals surface area contributed by atoms with Gasteiger partial charge in [0.25, 0.3) is 11.8 Å². The van der Waals surface area contributed by atoms with Crippen LogP contribution in [0.1, 0.15) is 33.3 Å². The molecule has 198 valence electrons. The van der Waals surface area contributed by atoms with Crippen LogP contribution in [0.2, 0.25) is 0 Å². The Balaban J connectivity index is 1.39. The first-order chi connectivity index (χ1) is 18.8. The van der Waals surface area contributed by atoms with Crippen molar-refractivity contribution in [1.29, 1.82) is 0 Å². The SMILES string of the molecule is Cc1ccc(NC(=O)C(C)Sc2ccc(NC(=O)/C(=C/c3cccs3)NC(=O)c3ccccc3)cc2)cc1C. The van der Waals surface area contributed by atoms with Crippen LogP contribution in [0.5, 0.6) is 0 Å². The highest BCUT2D eigenvalue weighted by atomic mass is 32.2. The van der Waals surface area contributed by atoms with Crippen molar-refractivity contribution >= 4 is 58.3 Å². The van der Waals surface area contributed by atoms with Gasteiger partial charge in [-0.05, 0) is 98.0 Å². The van der Waals surface area contributed by atoms with Crippen molar-refractivity contribution < 1.29 is 14.4 Å². The van der Waals surface area contributed by atoms with Crippen molar-refractivity contribution in [2.45, 2.75) is 30.9 Å². The number of anilines is 2. The Morgan fingerprint density at radius 3 is 2.21 bits per heavy atom. The van der Waals surface area contributed by atoms with E-state index in [1.165, 1.54) is 28.7 Å². The molecular weight excluding hydrogens is 526 g/mol. The van der Waals surface area contributed by atoms with Gasteiger partial charge in [-0.1, -0.05) is 30.3 Å². The number of amides is 3. The standard InChI is InChI=1S/C31H29N3O3S2/c1-20-11-12-25(18-21(20)2)33-29(35)22(3)39-26-15-13-24(14-16-26)32-31(37)28(19-27-10-7-17-38-27)34-30(36)23-8-5-4-6-9-23/h4-19,22H,1-3H3,(H,32,37)(H,33,35)(H,34,36)/b28-19-. The zero-order valence-electron chi connectivity index (χ0n) is 21.9. The second-order valence-corrected chi connectivity index (χ2v) is 11.3. The van der Waals surface area contributed by atoms with Crippen LogP contribution in [-0.4, -0.2) is 23.0 Å². The van der Waals surface area contributed by atoms with Gasteiger partial charge in [0.2, 0.25) is 5.91 Å².